The third-order valence-corrected chi connectivity index (χ3v) is 6.53. The number of aliphatic hydroxyl groups is 1. The van der Waals surface area contributed by atoms with Crippen molar-refractivity contribution in [2.45, 2.75) is 75.4 Å². The van der Waals surface area contributed by atoms with Crippen LogP contribution in [-0.2, 0) is 0 Å². The lowest BCUT2D eigenvalue weighted by atomic mass is 9.69. The molecular formula is C21H33Cl2F3N2O2. The van der Waals surface area contributed by atoms with Crippen LogP contribution in [0.25, 0.3) is 0 Å². The molecule has 0 aromatic heterocycles. The first-order chi connectivity index (χ1) is 13.2. The number of likely N-dealkylation sites (tertiary alicyclic amines) is 1. The minimum absolute atomic E-state index is 0. The van der Waals surface area contributed by atoms with E-state index < -0.39 is 12.0 Å². The van der Waals surface area contributed by atoms with Crippen LogP contribution in [0.15, 0.2) is 24.3 Å². The Morgan fingerprint density at radius 1 is 1.20 bits per heavy atom. The predicted molar refractivity (Wildman–Crippen MR) is 117 cm³/mol. The summed E-state index contributed by atoms with van der Waals surface area (Å²) >= 11 is 0. The summed E-state index contributed by atoms with van der Waals surface area (Å²) in [6.45, 7) is 3.77. The normalized spacial score (nSPS) is 28.7. The summed E-state index contributed by atoms with van der Waals surface area (Å²) in [5.74, 6) is -0.523. The summed E-state index contributed by atoms with van der Waals surface area (Å²) in [4.78, 5) is 2.39. The van der Waals surface area contributed by atoms with Gasteiger partial charge in [0.1, 0.15) is 5.75 Å². The van der Waals surface area contributed by atoms with Crippen LogP contribution in [-0.4, -0.2) is 54.2 Å². The van der Waals surface area contributed by atoms with E-state index in [9.17, 15) is 18.3 Å². The van der Waals surface area contributed by atoms with Crippen LogP contribution in [0.4, 0.5) is 13.2 Å². The summed E-state index contributed by atoms with van der Waals surface area (Å²) in [5.41, 5.74) is -0.289. The number of ether oxygens (including phenoxy) is 1. The van der Waals surface area contributed by atoms with Crippen molar-refractivity contribution in [1.82, 2.24) is 10.2 Å². The molecule has 2 aliphatic rings. The first kappa shape index (κ1) is 27.3. The van der Waals surface area contributed by atoms with Crippen LogP contribution in [0.5, 0.6) is 5.75 Å². The van der Waals surface area contributed by atoms with Crippen LogP contribution >= 0.6 is 24.8 Å². The van der Waals surface area contributed by atoms with Gasteiger partial charge in [-0.15, -0.1) is 38.0 Å². The van der Waals surface area contributed by atoms with Gasteiger partial charge in [0.25, 0.3) is 0 Å². The second kappa shape index (κ2) is 11.2. The molecule has 30 heavy (non-hydrogen) atoms. The largest absolute Gasteiger partial charge is 0.573 e. The quantitative estimate of drug-likeness (QED) is 0.640. The average molecular weight is 473 g/mol. The minimum atomic E-state index is -4.72. The zero-order valence-corrected chi connectivity index (χ0v) is 19.1. The van der Waals surface area contributed by atoms with Crippen molar-refractivity contribution in [2.75, 3.05) is 20.1 Å². The van der Waals surface area contributed by atoms with Gasteiger partial charge < -0.3 is 15.2 Å². The standard InChI is InChI=1S/C21H31F3N2O2.2ClH/c1-15(16-7-5-9-18(13-16)28-21(22,23)24)20(27)11-4-3-10-19(20)26-12-6-8-17(14-26)25-2;;/h5,7,9,13,15,17,19,25,27H,3-4,6,8,10-12,14H2,1-2H3;2*1H/t15?,17-,19?,20?;;/m1../s1. The SMILES string of the molecule is CN[C@@H]1CCCN(C2CCCCC2(O)C(C)c2cccc(OC(F)(F)F)c2)C1.Cl.Cl. The summed E-state index contributed by atoms with van der Waals surface area (Å²) < 4.78 is 41.9. The Labute approximate surface area is 189 Å². The maximum absolute atomic E-state index is 12.6. The molecule has 1 aromatic carbocycles. The molecule has 1 aliphatic heterocycles. The van der Waals surface area contributed by atoms with Crippen molar-refractivity contribution in [3.05, 3.63) is 29.8 Å². The fourth-order valence-corrected chi connectivity index (χ4v) is 4.96. The molecule has 0 bridgehead atoms. The van der Waals surface area contributed by atoms with Gasteiger partial charge in [0.2, 0.25) is 0 Å². The first-order valence-electron chi connectivity index (χ1n) is 10.2. The van der Waals surface area contributed by atoms with E-state index in [4.69, 9.17) is 0 Å². The second-order valence-corrected chi connectivity index (χ2v) is 8.22. The van der Waals surface area contributed by atoms with Gasteiger partial charge in [-0.1, -0.05) is 31.9 Å². The van der Waals surface area contributed by atoms with Crippen LogP contribution in [0.1, 0.15) is 56.9 Å². The molecule has 174 valence electrons. The number of rotatable bonds is 5. The van der Waals surface area contributed by atoms with Crippen LogP contribution in [0.3, 0.4) is 0 Å². The lowest BCUT2D eigenvalue weighted by Gasteiger charge is -2.51. The molecule has 1 aromatic rings. The van der Waals surface area contributed by atoms with Crippen molar-refractivity contribution in [1.29, 1.82) is 0 Å². The number of likely N-dealkylation sites (N-methyl/N-ethyl adjacent to an activating group) is 1. The third-order valence-electron chi connectivity index (χ3n) is 6.53. The zero-order valence-electron chi connectivity index (χ0n) is 17.5. The lowest BCUT2D eigenvalue weighted by Crippen LogP contribution is -2.60. The van der Waals surface area contributed by atoms with Gasteiger partial charge in [0, 0.05) is 24.5 Å². The van der Waals surface area contributed by atoms with E-state index in [0.29, 0.717) is 18.0 Å². The fourth-order valence-electron chi connectivity index (χ4n) is 4.96. The molecule has 0 radical (unpaired) electrons. The highest BCUT2D eigenvalue weighted by molar-refractivity contribution is 5.85. The molecule has 0 amide bonds. The number of nitrogens with zero attached hydrogens (tertiary/aromatic N) is 1. The Balaban J connectivity index is 0.00000225. The zero-order chi connectivity index (χ0) is 20.4. The maximum atomic E-state index is 12.6. The molecule has 2 N–H and O–H groups in total. The highest BCUT2D eigenvalue weighted by atomic mass is 35.5. The highest BCUT2D eigenvalue weighted by Gasteiger charge is 2.47. The van der Waals surface area contributed by atoms with Gasteiger partial charge in [-0.3, -0.25) is 4.90 Å². The number of halogens is 5. The van der Waals surface area contributed by atoms with E-state index in [-0.39, 0.29) is 42.5 Å². The number of hydrogen-bond donors (Lipinski definition) is 2. The summed E-state index contributed by atoms with van der Waals surface area (Å²) in [6, 6.07) is 6.48. The smallest absolute Gasteiger partial charge is 0.406 e. The van der Waals surface area contributed by atoms with E-state index in [1.54, 1.807) is 12.1 Å². The number of benzene rings is 1. The maximum Gasteiger partial charge on any atom is 0.573 e. The number of hydrogen-bond acceptors (Lipinski definition) is 4. The molecular weight excluding hydrogens is 440 g/mol. The monoisotopic (exact) mass is 472 g/mol. The molecule has 3 unspecified atom stereocenters. The van der Waals surface area contributed by atoms with Gasteiger partial charge in [-0.2, -0.15) is 0 Å². The lowest BCUT2D eigenvalue weighted by molar-refractivity contribution is -0.274. The first-order valence-corrected chi connectivity index (χ1v) is 10.2. The van der Waals surface area contributed by atoms with Gasteiger partial charge in [-0.25, -0.2) is 0 Å². The van der Waals surface area contributed by atoms with Gasteiger partial charge in [0.15, 0.2) is 0 Å². The van der Waals surface area contributed by atoms with Crippen molar-refractivity contribution < 1.29 is 23.0 Å². The summed E-state index contributed by atoms with van der Waals surface area (Å²) in [6.07, 6.45) is 1.06. The second-order valence-electron chi connectivity index (χ2n) is 8.22. The predicted octanol–water partition coefficient (Wildman–Crippen LogP) is 4.89. The molecule has 4 atom stereocenters. The van der Waals surface area contributed by atoms with Crippen molar-refractivity contribution >= 4 is 24.8 Å². The molecule has 1 saturated heterocycles. The average Bonchev–Trinajstić information content (AvgIpc) is 2.66. The molecule has 3 rings (SSSR count). The Hall–Kier alpha value is -0.730. The number of piperidine rings is 1. The Kier molecular flexibility index (Phi) is 10.2. The molecule has 1 aliphatic carbocycles. The Morgan fingerprint density at radius 2 is 1.93 bits per heavy atom. The molecule has 1 heterocycles. The van der Waals surface area contributed by atoms with E-state index in [1.165, 1.54) is 12.1 Å². The molecule has 4 nitrogen and oxygen atoms in total. The van der Waals surface area contributed by atoms with Crippen molar-refractivity contribution in [3.63, 3.8) is 0 Å². The van der Waals surface area contributed by atoms with Gasteiger partial charge >= 0.3 is 6.36 Å². The number of alkyl halides is 3. The van der Waals surface area contributed by atoms with E-state index >= 15 is 0 Å². The topological polar surface area (TPSA) is 44.7 Å². The summed E-state index contributed by atoms with van der Waals surface area (Å²) in [7, 11) is 1.97. The van der Waals surface area contributed by atoms with Gasteiger partial charge in [-0.05, 0) is 57.0 Å². The fraction of sp³-hybridized carbons (Fsp3) is 0.714. The van der Waals surface area contributed by atoms with E-state index in [2.05, 4.69) is 15.0 Å². The number of nitrogens with one attached hydrogen (secondary N) is 1. The van der Waals surface area contributed by atoms with Gasteiger partial charge in [0.05, 0.1) is 5.60 Å². The van der Waals surface area contributed by atoms with E-state index in [1.807, 2.05) is 14.0 Å². The Morgan fingerprint density at radius 3 is 2.60 bits per heavy atom. The molecule has 1 saturated carbocycles. The molecule has 0 spiro atoms. The van der Waals surface area contributed by atoms with Crippen LogP contribution in [0.2, 0.25) is 0 Å². The van der Waals surface area contributed by atoms with Crippen molar-refractivity contribution in [2.24, 2.45) is 0 Å². The molecule has 9 heteroatoms. The molecule has 2 fully saturated rings. The third kappa shape index (κ3) is 6.39. The minimum Gasteiger partial charge on any atom is -0.406 e. The van der Waals surface area contributed by atoms with Crippen molar-refractivity contribution in [3.8, 4) is 5.75 Å². The Bertz CT molecular complexity index is 665. The van der Waals surface area contributed by atoms with E-state index in [0.717, 1.165) is 45.2 Å². The highest BCUT2D eigenvalue weighted by Crippen LogP contribution is 2.43. The van der Waals surface area contributed by atoms with Crippen LogP contribution in [0, 0.1) is 0 Å². The summed E-state index contributed by atoms with van der Waals surface area (Å²) in [5, 5.41) is 15.1. The van der Waals surface area contributed by atoms with Crippen LogP contribution < -0.4 is 10.1 Å².